The molecule has 0 bridgehead atoms. The van der Waals surface area contributed by atoms with Crippen molar-refractivity contribution in [1.29, 1.82) is 0 Å². The van der Waals surface area contributed by atoms with Crippen molar-refractivity contribution in [3.05, 3.63) is 29.8 Å². The number of amides is 1. The standard InChI is InChI=1S/C14H19NO2/c1-2-15(10-11-7-8-11)14(17)9-12-5-3-4-6-13(12)16/h3-6,11,16H,2,7-10H2,1H3. The van der Waals surface area contributed by atoms with Gasteiger partial charge in [-0.25, -0.2) is 0 Å². The van der Waals surface area contributed by atoms with E-state index in [1.54, 1.807) is 18.2 Å². The molecule has 3 heteroatoms. The van der Waals surface area contributed by atoms with Crippen molar-refractivity contribution in [3.63, 3.8) is 0 Å². The number of carbonyl (C=O) groups is 1. The summed E-state index contributed by atoms with van der Waals surface area (Å²) < 4.78 is 0. The molecule has 92 valence electrons. The first-order valence-corrected chi connectivity index (χ1v) is 6.25. The molecule has 1 saturated carbocycles. The van der Waals surface area contributed by atoms with E-state index in [0.717, 1.165) is 13.1 Å². The molecular formula is C14H19NO2. The van der Waals surface area contributed by atoms with Crippen molar-refractivity contribution in [1.82, 2.24) is 4.90 Å². The van der Waals surface area contributed by atoms with E-state index < -0.39 is 0 Å². The van der Waals surface area contributed by atoms with Crippen LogP contribution in [0, 0.1) is 5.92 Å². The summed E-state index contributed by atoms with van der Waals surface area (Å²) in [5, 5.41) is 9.64. The van der Waals surface area contributed by atoms with Crippen LogP contribution >= 0.6 is 0 Å². The van der Waals surface area contributed by atoms with Crippen LogP contribution in [0.15, 0.2) is 24.3 Å². The van der Waals surface area contributed by atoms with Crippen molar-refractivity contribution in [3.8, 4) is 5.75 Å². The van der Waals surface area contributed by atoms with E-state index in [-0.39, 0.29) is 11.7 Å². The Balaban J connectivity index is 1.96. The van der Waals surface area contributed by atoms with Crippen molar-refractivity contribution in [2.45, 2.75) is 26.2 Å². The number of hydrogen-bond donors (Lipinski definition) is 1. The second-order valence-electron chi connectivity index (χ2n) is 4.68. The first-order valence-electron chi connectivity index (χ1n) is 6.25. The number of nitrogens with zero attached hydrogens (tertiary/aromatic N) is 1. The van der Waals surface area contributed by atoms with Gasteiger partial charge >= 0.3 is 0 Å². The van der Waals surface area contributed by atoms with Crippen molar-refractivity contribution >= 4 is 5.91 Å². The number of likely N-dealkylation sites (N-methyl/N-ethyl adjacent to an activating group) is 1. The number of rotatable bonds is 5. The van der Waals surface area contributed by atoms with Crippen LogP contribution in [-0.4, -0.2) is 29.0 Å². The predicted octanol–water partition coefficient (Wildman–Crippen LogP) is 2.19. The highest BCUT2D eigenvalue weighted by molar-refractivity contribution is 5.79. The minimum Gasteiger partial charge on any atom is -0.508 e. The topological polar surface area (TPSA) is 40.5 Å². The summed E-state index contributed by atoms with van der Waals surface area (Å²) in [6.07, 6.45) is 2.80. The van der Waals surface area contributed by atoms with Crippen LogP contribution < -0.4 is 0 Å². The molecule has 1 aromatic carbocycles. The number of carbonyl (C=O) groups excluding carboxylic acids is 1. The first kappa shape index (κ1) is 12.0. The van der Waals surface area contributed by atoms with Crippen molar-refractivity contribution < 1.29 is 9.90 Å². The van der Waals surface area contributed by atoms with Gasteiger partial charge < -0.3 is 10.0 Å². The highest BCUT2D eigenvalue weighted by Gasteiger charge is 2.26. The molecule has 0 aromatic heterocycles. The second kappa shape index (κ2) is 5.21. The Kier molecular flexibility index (Phi) is 3.67. The van der Waals surface area contributed by atoms with Crippen LogP contribution in [-0.2, 0) is 11.2 Å². The molecule has 1 amide bonds. The number of phenols is 1. The number of para-hydroxylation sites is 1. The summed E-state index contributed by atoms with van der Waals surface area (Å²) in [6, 6.07) is 7.04. The Labute approximate surface area is 102 Å². The van der Waals surface area contributed by atoms with Crippen molar-refractivity contribution in [2.75, 3.05) is 13.1 Å². The summed E-state index contributed by atoms with van der Waals surface area (Å²) in [6.45, 7) is 3.64. The smallest absolute Gasteiger partial charge is 0.227 e. The average Bonchev–Trinajstić information content (AvgIpc) is 3.12. The molecule has 1 N–H and O–H groups in total. The monoisotopic (exact) mass is 233 g/mol. The fourth-order valence-corrected chi connectivity index (χ4v) is 1.95. The Bertz CT molecular complexity index is 399. The fraction of sp³-hybridized carbons (Fsp3) is 0.500. The molecule has 0 radical (unpaired) electrons. The largest absolute Gasteiger partial charge is 0.508 e. The van der Waals surface area contributed by atoms with Crippen LogP contribution in [0.4, 0.5) is 0 Å². The number of hydrogen-bond acceptors (Lipinski definition) is 2. The third-order valence-electron chi connectivity index (χ3n) is 3.24. The maximum atomic E-state index is 12.1. The fourth-order valence-electron chi connectivity index (χ4n) is 1.95. The van der Waals surface area contributed by atoms with Gasteiger partial charge in [0.15, 0.2) is 0 Å². The molecule has 0 saturated heterocycles. The van der Waals surface area contributed by atoms with Crippen LogP contribution in [0.1, 0.15) is 25.3 Å². The van der Waals surface area contributed by atoms with Gasteiger partial charge in [0.1, 0.15) is 5.75 Å². The van der Waals surface area contributed by atoms with Gasteiger partial charge in [0.25, 0.3) is 0 Å². The van der Waals surface area contributed by atoms with Gasteiger partial charge in [-0.1, -0.05) is 18.2 Å². The summed E-state index contributed by atoms with van der Waals surface area (Å²) in [5.74, 6) is 1.03. The molecule has 1 fully saturated rings. The van der Waals surface area contributed by atoms with E-state index in [9.17, 15) is 9.90 Å². The summed E-state index contributed by atoms with van der Waals surface area (Å²) in [7, 11) is 0. The van der Waals surface area contributed by atoms with Gasteiger partial charge in [-0.05, 0) is 31.7 Å². The SMILES string of the molecule is CCN(CC1CC1)C(=O)Cc1ccccc1O. The Morgan fingerprint density at radius 2 is 2.12 bits per heavy atom. The molecule has 0 unspecified atom stereocenters. The maximum Gasteiger partial charge on any atom is 0.227 e. The van der Waals surface area contributed by atoms with E-state index in [4.69, 9.17) is 0 Å². The Morgan fingerprint density at radius 1 is 1.41 bits per heavy atom. The van der Waals surface area contributed by atoms with Gasteiger partial charge in [-0.2, -0.15) is 0 Å². The van der Waals surface area contributed by atoms with Crippen LogP contribution in [0.5, 0.6) is 5.75 Å². The Hall–Kier alpha value is -1.51. The van der Waals surface area contributed by atoms with Crippen molar-refractivity contribution in [2.24, 2.45) is 5.92 Å². The molecule has 0 aliphatic heterocycles. The molecule has 1 aliphatic carbocycles. The molecular weight excluding hydrogens is 214 g/mol. The van der Waals surface area contributed by atoms with Gasteiger partial charge in [0.05, 0.1) is 6.42 Å². The molecule has 2 rings (SSSR count). The molecule has 3 nitrogen and oxygen atoms in total. The number of aromatic hydroxyl groups is 1. The highest BCUT2D eigenvalue weighted by atomic mass is 16.3. The van der Waals surface area contributed by atoms with E-state index in [1.807, 2.05) is 17.9 Å². The third kappa shape index (κ3) is 3.22. The minimum absolute atomic E-state index is 0.112. The molecule has 1 aliphatic rings. The van der Waals surface area contributed by atoms with Gasteiger partial charge in [-0.3, -0.25) is 4.79 Å². The molecule has 17 heavy (non-hydrogen) atoms. The van der Waals surface area contributed by atoms with Gasteiger partial charge in [0, 0.05) is 18.7 Å². The van der Waals surface area contributed by atoms with E-state index in [1.165, 1.54) is 12.8 Å². The van der Waals surface area contributed by atoms with Gasteiger partial charge in [0.2, 0.25) is 5.91 Å². The lowest BCUT2D eigenvalue weighted by molar-refractivity contribution is -0.130. The number of phenolic OH excluding ortho intramolecular Hbond substituents is 1. The zero-order valence-corrected chi connectivity index (χ0v) is 10.2. The predicted molar refractivity (Wildman–Crippen MR) is 66.8 cm³/mol. The first-order chi connectivity index (χ1) is 8.20. The van der Waals surface area contributed by atoms with Crippen LogP contribution in [0.2, 0.25) is 0 Å². The summed E-state index contributed by atoms with van der Waals surface area (Å²) in [4.78, 5) is 14.0. The zero-order valence-electron chi connectivity index (χ0n) is 10.2. The normalized spacial score (nSPS) is 14.6. The van der Waals surface area contributed by atoms with E-state index >= 15 is 0 Å². The molecule has 0 heterocycles. The quantitative estimate of drug-likeness (QED) is 0.847. The van der Waals surface area contributed by atoms with E-state index in [2.05, 4.69) is 0 Å². The lowest BCUT2D eigenvalue weighted by Crippen LogP contribution is -2.33. The lowest BCUT2D eigenvalue weighted by atomic mass is 10.1. The van der Waals surface area contributed by atoms with Gasteiger partial charge in [-0.15, -0.1) is 0 Å². The highest BCUT2D eigenvalue weighted by Crippen LogP contribution is 2.30. The second-order valence-corrected chi connectivity index (χ2v) is 4.68. The maximum absolute atomic E-state index is 12.1. The third-order valence-corrected chi connectivity index (χ3v) is 3.24. The van der Waals surface area contributed by atoms with Crippen LogP contribution in [0.3, 0.4) is 0 Å². The minimum atomic E-state index is 0.112. The van der Waals surface area contributed by atoms with E-state index in [0.29, 0.717) is 17.9 Å². The lowest BCUT2D eigenvalue weighted by Gasteiger charge is -2.20. The van der Waals surface area contributed by atoms with Crippen LogP contribution in [0.25, 0.3) is 0 Å². The Morgan fingerprint density at radius 3 is 2.71 bits per heavy atom. The zero-order chi connectivity index (χ0) is 12.3. The summed E-state index contributed by atoms with van der Waals surface area (Å²) in [5.41, 5.74) is 0.715. The molecule has 0 spiro atoms. The molecule has 1 aromatic rings. The molecule has 0 atom stereocenters. The summed E-state index contributed by atoms with van der Waals surface area (Å²) >= 11 is 0. The average molecular weight is 233 g/mol. The number of benzene rings is 1.